The lowest BCUT2D eigenvalue weighted by Crippen LogP contribution is -2.37. The number of aromatic hydroxyl groups is 1. The molecular formula is C22H12Cl2F2N2O4S. The number of hydrogen-bond acceptors (Lipinski definition) is 5. The summed E-state index contributed by atoms with van der Waals surface area (Å²) in [5.41, 5.74) is 0.637. The Balaban J connectivity index is 1.88. The second kappa shape index (κ2) is 9.30. The van der Waals surface area contributed by atoms with E-state index in [1.54, 1.807) is 12.1 Å². The Labute approximate surface area is 200 Å². The van der Waals surface area contributed by atoms with Gasteiger partial charge in [-0.05, 0) is 35.9 Å². The summed E-state index contributed by atoms with van der Waals surface area (Å²) in [7, 11) is 0. The predicted molar refractivity (Wildman–Crippen MR) is 122 cm³/mol. The van der Waals surface area contributed by atoms with Crippen LogP contribution in [0.15, 0.2) is 54.1 Å². The van der Waals surface area contributed by atoms with E-state index in [9.17, 15) is 23.5 Å². The molecule has 0 saturated carbocycles. The van der Waals surface area contributed by atoms with Crippen LogP contribution in [0.3, 0.4) is 0 Å². The second-order valence-corrected chi connectivity index (χ2v) is 8.28. The maximum atomic E-state index is 13.6. The highest BCUT2D eigenvalue weighted by atomic mass is 35.5. The fourth-order valence-corrected chi connectivity index (χ4v) is 4.04. The van der Waals surface area contributed by atoms with Crippen LogP contribution in [0.1, 0.15) is 5.56 Å². The molecule has 1 saturated heterocycles. The number of hydrogen-bond donors (Lipinski definition) is 3. The van der Waals surface area contributed by atoms with Crippen molar-refractivity contribution in [1.29, 1.82) is 0 Å². The maximum Gasteiger partial charge on any atom is 0.268 e. The van der Waals surface area contributed by atoms with E-state index in [0.29, 0.717) is 27.2 Å². The molecule has 33 heavy (non-hydrogen) atoms. The summed E-state index contributed by atoms with van der Waals surface area (Å²) in [5.74, 6) is -3.49. The Morgan fingerprint density at radius 2 is 1.48 bits per heavy atom. The van der Waals surface area contributed by atoms with Gasteiger partial charge in [0.15, 0.2) is 0 Å². The minimum absolute atomic E-state index is 0.0195. The van der Waals surface area contributed by atoms with Gasteiger partial charge in [-0.1, -0.05) is 23.2 Å². The van der Waals surface area contributed by atoms with Crippen LogP contribution in [0.2, 0.25) is 10.0 Å². The lowest BCUT2D eigenvalue weighted by atomic mass is 9.99. The average Bonchev–Trinajstić information content (AvgIpc) is 2.70. The minimum atomic E-state index is -0.852. The fourth-order valence-electron chi connectivity index (χ4n) is 3.05. The van der Waals surface area contributed by atoms with E-state index in [4.69, 9.17) is 27.9 Å². The molecule has 168 valence electrons. The maximum absolute atomic E-state index is 13.6. The van der Waals surface area contributed by atoms with Crippen molar-refractivity contribution in [2.75, 3.05) is 0 Å². The van der Waals surface area contributed by atoms with Gasteiger partial charge in [0.1, 0.15) is 34.5 Å². The first-order valence-electron chi connectivity index (χ1n) is 9.15. The van der Waals surface area contributed by atoms with Gasteiger partial charge in [-0.15, -0.1) is 0 Å². The topological polar surface area (TPSA) is 87.7 Å². The molecule has 3 N–H and O–H groups in total. The second-order valence-electron chi connectivity index (χ2n) is 6.79. The van der Waals surface area contributed by atoms with E-state index in [0.717, 1.165) is 24.3 Å². The number of nitrogens with one attached hydrogen (secondary N) is 2. The van der Waals surface area contributed by atoms with Crippen molar-refractivity contribution in [3.8, 4) is 28.4 Å². The number of rotatable bonds is 4. The molecule has 0 bridgehead atoms. The molecule has 1 heterocycles. The number of ether oxygens (including phenoxy) is 1. The highest BCUT2D eigenvalue weighted by Crippen LogP contribution is 2.41. The van der Waals surface area contributed by atoms with E-state index in [2.05, 4.69) is 9.44 Å². The zero-order chi connectivity index (χ0) is 23.7. The van der Waals surface area contributed by atoms with E-state index >= 15 is 0 Å². The van der Waals surface area contributed by atoms with Crippen molar-refractivity contribution < 1.29 is 28.2 Å². The summed E-state index contributed by atoms with van der Waals surface area (Å²) in [4.78, 5) is 24.1. The van der Waals surface area contributed by atoms with E-state index in [1.165, 1.54) is 24.3 Å². The van der Waals surface area contributed by atoms with Crippen molar-refractivity contribution >= 4 is 53.2 Å². The van der Waals surface area contributed by atoms with Crippen molar-refractivity contribution in [3.05, 3.63) is 81.3 Å². The van der Waals surface area contributed by atoms with Crippen LogP contribution in [0, 0.1) is 11.6 Å². The summed E-state index contributed by atoms with van der Waals surface area (Å²) in [5, 5.41) is 11.2. The van der Waals surface area contributed by atoms with Crippen LogP contribution in [0.25, 0.3) is 17.2 Å². The summed E-state index contributed by atoms with van der Waals surface area (Å²) >= 11 is 13.0. The first-order valence-corrected chi connectivity index (χ1v) is 10.7. The Kier molecular flexibility index (Phi) is 6.46. The highest BCUT2D eigenvalue weighted by molar-refractivity contribution is 7.96. The zero-order valence-corrected chi connectivity index (χ0v) is 18.6. The SMILES string of the molecule is O=C1NSNC(=O)C1=Cc1cc(-c2cc(Cl)cc(Cl)c2)c(Oc2cc(F)cc(F)c2)cc1O. The number of halogens is 4. The predicted octanol–water partition coefficient (Wildman–Crippen LogP) is 5.63. The van der Waals surface area contributed by atoms with Crippen molar-refractivity contribution in [2.45, 2.75) is 0 Å². The quantitative estimate of drug-likeness (QED) is 0.241. The number of amides is 2. The number of benzene rings is 3. The van der Waals surface area contributed by atoms with Crippen molar-refractivity contribution in [2.24, 2.45) is 0 Å². The summed E-state index contributed by atoms with van der Waals surface area (Å²) < 4.78 is 37.7. The first kappa shape index (κ1) is 22.9. The van der Waals surface area contributed by atoms with Gasteiger partial charge in [0, 0.05) is 45.4 Å². The van der Waals surface area contributed by atoms with E-state index in [1.807, 2.05) is 0 Å². The molecule has 0 spiro atoms. The van der Waals surface area contributed by atoms with Gasteiger partial charge in [-0.2, -0.15) is 0 Å². The molecule has 0 unspecified atom stereocenters. The molecule has 3 aromatic rings. The third kappa shape index (κ3) is 5.22. The van der Waals surface area contributed by atoms with Crippen molar-refractivity contribution in [1.82, 2.24) is 9.44 Å². The molecule has 1 aliphatic rings. The Bertz CT molecular complexity index is 1280. The van der Waals surface area contributed by atoms with Gasteiger partial charge < -0.3 is 9.84 Å². The molecule has 2 amide bonds. The number of phenolic OH excluding ortho intramolecular Hbond substituents is 1. The van der Waals surface area contributed by atoms with Gasteiger partial charge in [0.25, 0.3) is 11.8 Å². The van der Waals surface area contributed by atoms with E-state index < -0.39 is 23.4 Å². The molecule has 4 rings (SSSR count). The molecule has 1 aliphatic heterocycles. The van der Waals surface area contributed by atoms with E-state index in [-0.39, 0.29) is 28.4 Å². The molecular weight excluding hydrogens is 497 g/mol. The van der Waals surface area contributed by atoms with Crippen LogP contribution in [-0.4, -0.2) is 16.9 Å². The first-order chi connectivity index (χ1) is 15.7. The number of carbonyl (C=O) groups is 2. The van der Waals surface area contributed by atoms with Crippen molar-refractivity contribution in [3.63, 3.8) is 0 Å². The average molecular weight is 509 g/mol. The zero-order valence-electron chi connectivity index (χ0n) is 16.3. The standard InChI is InChI=1S/C22H12Cl2F2N2O4S/c23-12-1-10(2-13(24)5-12)17-3-11(4-18-21(30)27-33-28-22(18)31)19(29)9-20(17)32-16-7-14(25)6-15(26)8-16/h1-9,29H,(H,27,30)(H,28,31). The molecule has 0 aliphatic carbocycles. The van der Waals surface area contributed by atoms with Gasteiger partial charge in [-0.3, -0.25) is 19.0 Å². The Morgan fingerprint density at radius 1 is 0.879 bits per heavy atom. The van der Waals surface area contributed by atoms with Crippen LogP contribution >= 0.6 is 35.3 Å². The fraction of sp³-hybridized carbons (Fsp3) is 0. The monoisotopic (exact) mass is 508 g/mol. The van der Waals surface area contributed by atoms with Gasteiger partial charge in [-0.25, -0.2) is 8.78 Å². The smallest absolute Gasteiger partial charge is 0.268 e. The lowest BCUT2D eigenvalue weighted by Gasteiger charge is -2.16. The number of carbonyl (C=O) groups excluding carboxylic acids is 2. The normalized spacial score (nSPS) is 13.4. The molecule has 3 aromatic carbocycles. The molecule has 0 atom stereocenters. The molecule has 11 heteroatoms. The summed E-state index contributed by atoms with van der Waals surface area (Å²) in [6.45, 7) is 0. The van der Waals surface area contributed by atoms with Crippen LogP contribution in [0.5, 0.6) is 17.2 Å². The molecule has 1 fully saturated rings. The van der Waals surface area contributed by atoms with Gasteiger partial charge in [0.05, 0.1) is 12.1 Å². The van der Waals surface area contributed by atoms with Crippen LogP contribution in [-0.2, 0) is 9.59 Å². The number of phenols is 1. The molecule has 6 nitrogen and oxygen atoms in total. The summed E-state index contributed by atoms with van der Waals surface area (Å²) in [6.07, 6.45) is 1.20. The Hall–Kier alpha value is -3.27. The third-order valence-corrected chi connectivity index (χ3v) is 5.45. The minimum Gasteiger partial charge on any atom is -0.507 e. The van der Waals surface area contributed by atoms with Gasteiger partial charge in [0.2, 0.25) is 0 Å². The summed E-state index contributed by atoms with van der Waals surface area (Å²) in [6, 6.07) is 9.88. The molecule has 0 radical (unpaired) electrons. The Morgan fingerprint density at radius 3 is 2.09 bits per heavy atom. The van der Waals surface area contributed by atoms with Gasteiger partial charge >= 0.3 is 0 Å². The van der Waals surface area contributed by atoms with Crippen LogP contribution < -0.4 is 14.2 Å². The molecule has 0 aromatic heterocycles. The van der Waals surface area contributed by atoms with Crippen LogP contribution in [0.4, 0.5) is 8.78 Å². The highest BCUT2D eigenvalue weighted by Gasteiger charge is 2.24. The lowest BCUT2D eigenvalue weighted by molar-refractivity contribution is -0.122. The largest absolute Gasteiger partial charge is 0.507 e. The third-order valence-electron chi connectivity index (χ3n) is 4.44.